The van der Waals surface area contributed by atoms with Crippen LogP contribution in [0.1, 0.15) is 47.4 Å². The standard InChI is InChI=1S/C21H26N6O2S/c1-4-17(29-5-2)20-25-26-21(30-20)24-19(28)14-10-11-16-15(13-14)23-18(27(16)3)9-7-6-8-12-22/h4-5,10-11,13H,2,6-9,12,22H2,1,3H3,(H,24,26,28)/b17-4-. The van der Waals surface area contributed by atoms with Gasteiger partial charge >= 0.3 is 0 Å². The van der Waals surface area contributed by atoms with Gasteiger partial charge in [0, 0.05) is 19.0 Å². The molecule has 0 fully saturated rings. The van der Waals surface area contributed by atoms with E-state index in [-0.39, 0.29) is 5.91 Å². The molecule has 30 heavy (non-hydrogen) atoms. The number of nitrogens with zero attached hydrogens (tertiary/aromatic N) is 4. The molecular weight excluding hydrogens is 400 g/mol. The number of allylic oxidation sites excluding steroid dienone is 1. The van der Waals surface area contributed by atoms with Gasteiger partial charge < -0.3 is 15.0 Å². The van der Waals surface area contributed by atoms with Gasteiger partial charge in [0.15, 0.2) is 10.8 Å². The number of amides is 1. The molecule has 0 unspecified atom stereocenters. The Morgan fingerprint density at radius 1 is 1.33 bits per heavy atom. The molecule has 2 aromatic heterocycles. The lowest BCUT2D eigenvalue weighted by molar-refractivity contribution is 0.102. The highest BCUT2D eigenvalue weighted by Gasteiger charge is 2.15. The van der Waals surface area contributed by atoms with Gasteiger partial charge in [-0.05, 0) is 50.6 Å². The number of nitrogens with two attached hydrogens (primary N) is 1. The summed E-state index contributed by atoms with van der Waals surface area (Å²) in [5.41, 5.74) is 7.87. The molecule has 3 rings (SSSR count). The number of unbranched alkanes of at least 4 members (excludes halogenated alkanes) is 2. The number of hydrogen-bond acceptors (Lipinski definition) is 7. The number of carbonyl (C=O) groups excluding carboxylic acids is 1. The van der Waals surface area contributed by atoms with E-state index in [1.807, 2.05) is 20.0 Å². The number of hydrogen-bond donors (Lipinski definition) is 2. The minimum atomic E-state index is -0.263. The van der Waals surface area contributed by atoms with Crippen LogP contribution < -0.4 is 11.1 Å². The second kappa shape index (κ2) is 10.1. The minimum absolute atomic E-state index is 0.263. The minimum Gasteiger partial charge on any atom is -0.463 e. The molecule has 0 atom stereocenters. The van der Waals surface area contributed by atoms with E-state index >= 15 is 0 Å². The number of benzene rings is 1. The number of rotatable bonds is 10. The van der Waals surface area contributed by atoms with Crippen molar-refractivity contribution in [2.24, 2.45) is 12.8 Å². The molecule has 3 aromatic rings. The van der Waals surface area contributed by atoms with Crippen molar-refractivity contribution in [3.05, 3.63) is 53.5 Å². The molecule has 0 aliphatic carbocycles. The number of fused-ring (bicyclic) bond motifs is 1. The fraction of sp³-hybridized carbons (Fsp3) is 0.333. The first-order chi connectivity index (χ1) is 14.6. The zero-order chi connectivity index (χ0) is 21.5. The summed E-state index contributed by atoms with van der Waals surface area (Å²) in [7, 11) is 2.00. The van der Waals surface area contributed by atoms with Crippen molar-refractivity contribution < 1.29 is 9.53 Å². The number of carbonyl (C=O) groups is 1. The third kappa shape index (κ3) is 4.92. The van der Waals surface area contributed by atoms with Gasteiger partial charge in [-0.1, -0.05) is 24.3 Å². The highest BCUT2D eigenvalue weighted by atomic mass is 32.1. The van der Waals surface area contributed by atoms with Crippen LogP contribution in [0.3, 0.4) is 0 Å². The van der Waals surface area contributed by atoms with Gasteiger partial charge in [0.05, 0.1) is 17.3 Å². The predicted molar refractivity (Wildman–Crippen MR) is 120 cm³/mol. The van der Waals surface area contributed by atoms with Crippen LogP contribution in [0.4, 0.5) is 5.13 Å². The Balaban J connectivity index is 1.72. The highest BCUT2D eigenvalue weighted by molar-refractivity contribution is 7.16. The first kappa shape index (κ1) is 21.7. The molecule has 0 saturated carbocycles. The SMILES string of the molecule is C=CO/C(=C\C)c1nnc(NC(=O)c2ccc3c(c2)nc(CCCCCN)n3C)s1. The Bertz CT molecular complexity index is 1070. The number of ether oxygens (including phenoxy) is 1. The molecule has 9 heteroatoms. The van der Waals surface area contributed by atoms with Crippen LogP contribution in [-0.2, 0) is 18.2 Å². The van der Waals surface area contributed by atoms with E-state index in [2.05, 4.69) is 26.7 Å². The van der Waals surface area contributed by atoms with Crippen LogP contribution in [-0.4, -0.2) is 32.2 Å². The maximum Gasteiger partial charge on any atom is 0.257 e. The zero-order valence-electron chi connectivity index (χ0n) is 17.2. The van der Waals surface area contributed by atoms with Crippen LogP contribution in [0.25, 0.3) is 16.8 Å². The molecule has 0 bridgehead atoms. The number of anilines is 1. The van der Waals surface area contributed by atoms with Crippen LogP contribution in [0, 0.1) is 0 Å². The molecule has 158 valence electrons. The van der Waals surface area contributed by atoms with Crippen molar-refractivity contribution in [3.8, 4) is 0 Å². The molecule has 8 nitrogen and oxygen atoms in total. The summed E-state index contributed by atoms with van der Waals surface area (Å²) in [6.45, 7) is 6.08. The van der Waals surface area contributed by atoms with Gasteiger partial charge in [-0.25, -0.2) is 4.98 Å². The van der Waals surface area contributed by atoms with Crippen molar-refractivity contribution >= 4 is 39.2 Å². The second-order valence-corrected chi connectivity index (χ2v) is 7.67. The molecule has 0 spiro atoms. The molecule has 1 aromatic carbocycles. The predicted octanol–water partition coefficient (Wildman–Crippen LogP) is 3.87. The molecule has 2 heterocycles. The van der Waals surface area contributed by atoms with Crippen LogP contribution in [0.15, 0.2) is 37.1 Å². The van der Waals surface area contributed by atoms with Crippen LogP contribution in [0.5, 0.6) is 0 Å². The maximum absolute atomic E-state index is 12.7. The van der Waals surface area contributed by atoms with Crippen LogP contribution in [0.2, 0.25) is 0 Å². The Labute approximate surface area is 179 Å². The lowest BCUT2D eigenvalue weighted by atomic mass is 10.2. The van der Waals surface area contributed by atoms with Gasteiger partial charge in [0.2, 0.25) is 5.13 Å². The first-order valence-corrected chi connectivity index (χ1v) is 10.6. The lowest BCUT2D eigenvalue weighted by Crippen LogP contribution is -2.11. The average molecular weight is 427 g/mol. The summed E-state index contributed by atoms with van der Waals surface area (Å²) in [6.07, 6.45) is 7.13. The molecule has 0 aliphatic rings. The molecule has 1 amide bonds. The molecule has 0 radical (unpaired) electrons. The average Bonchev–Trinajstić information content (AvgIpc) is 3.33. The van der Waals surface area contributed by atoms with E-state index in [4.69, 9.17) is 15.5 Å². The lowest BCUT2D eigenvalue weighted by Gasteiger charge is -2.03. The van der Waals surface area contributed by atoms with Gasteiger partial charge in [0.25, 0.3) is 5.91 Å². The second-order valence-electron chi connectivity index (χ2n) is 6.69. The van der Waals surface area contributed by atoms with Crippen LogP contribution >= 0.6 is 11.3 Å². The number of imidazole rings is 1. The number of aryl methyl sites for hydroxylation is 2. The van der Waals surface area contributed by atoms with E-state index in [1.54, 1.807) is 18.2 Å². The monoisotopic (exact) mass is 426 g/mol. The zero-order valence-corrected chi connectivity index (χ0v) is 18.0. The molecule has 3 N–H and O–H groups in total. The van der Waals surface area contributed by atoms with E-state index < -0.39 is 0 Å². The van der Waals surface area contributed by atoms with Crippen molar-refractivity contribution in [2.45, 2.75) is 32.6 Å². The Kier molecular flexibility index (Phi) is 7.31. The third-order valence-electron chi connectivity index (χ3n) is 4.67. The Morgan fingerprint density at radius 3 is 2.90 bits per heavy atom. The fourth-order valence-electron chi connectivity index (χ4n) is 3.09. The van der Waals surface area contributed by atoms with Crippen molar-refractivity contribution in [2.75, 3.05) is 11.9 Å². The van der Waals surface area contributed by atoms with Gasteiger partial charge in [-0.3, -0.25) is 10.1 Å². The van der Waals surface area contributed by atoms with Crippen molar-refractivity contribution in [1.82, 2.24) is 19.7 Å². The van der Waals surface area contributed by atoms with Crippen molar-refractivity contribution in [1.29, 1.82) is 0 Å². The largest absolute Gasteiger partial charge is 0.463 e. The Hall–Kier alpha value is -3.04. The van der Waals surface area contributed by atoms with Crippen molar-refractivity contribution in [3.63, 3.8) is 0 Å². The molecule has 0 saturated heterocycles. The maximum atomic E-state index is 12.7. The van der Waals surface area contributed by atoms with E-state index in [1.165, 1.54) is 17.6 Å². The summed E-state index contributed by atoms with van der Waals surface area (Å²) < 4.78 is 7.36. The van der Waals surface area contributed by atoms with Gasteiger partial charge in [-0.2, -0.15) is 0 Å². The van der Waals surface area contributed by atoms with Gasteiger partial charge in [-0.15, -0.1) is 10.2 Å². The highest BCUT2D eigenvalue weighted by Crippen LogP contribution is 2.25. The topological polar surface area (TPSA) is 108 Å². The van der Waals surface area contributed by atoms with E-state index in [0.29, 0.717) is 28.0 Å². The summed E-state index contributed by atoms with van der Waals surface area (Å²) >= 11 is 1.23. The number of nitrogens with one attached hydrogen (secondary N) is 1. The van der Waals surface area contributed by atoms with E-state index in [9.17, 15) is 4.79 Å². The number of aromatic nitrogens is 4. The summed E-state index contributed by atoms with van der Waals surface area (Å²) in [4.78, 5) is 17.4. The fourth-order valence-corrected chi connectivity index (χ4v) is 3.85. The third-order valence-corrected chi connectivity index (χ3v) is 5.52. The van der Waals surface area contributed by atoms with E-state index in [0.717, 1.165) is 42.5 Å². The summed E-state index contributed by atoms with van der Waals surface area (Å²) in [5, 5.41) is 11.8. The normalized spacial score (nSPS) is 11.6. The molecular formula is C21H26N6O2S. The summed E-state index contributed by atoms with van der Waals surface area (Å²) in [5.74, 6) is 1.28. The summed E-state index contributed by atoms with van der Waals surface area (Å²) in [6, 6.07) is 5.51. The van der Waals surface area contributed by atoms with Gasteiger partial charge in [0.1, 0.15) is 5.82 Å². The first-order valence-electron chi connectivity index (χ1n) is 9.82. The molecule has 0 aliphatic heterocycles. The quantitative estimate of drug-likeness (QED) is 0.376. The Morgan fingerprint density at radius 2 is 2.17 bits per heavy atom. The smallest absolute Gasteiger partial charge is 0.257 e.